The van der Waals surface area contributed by atoms with Gasteiger partial charge < -0.3 is 14.8 Å². The van der Waals surface area contributed by atoms with E-state index in [2.05, 4.69) is 16.3 Å². The molecule has 2 aromatic rings. The van der Waals surface area contributed by atoms with Gasteiger partial charge in [-0.05, 0) is 50.8 Å². The molecule has 2 aliphatic heterocycles. The van der Waals surface area contributed by atoms with Crippen LogP contribution in [0.5, 0.6) is 0 Å². The zero-order valence-electron chi connectivity index (χ0n) is 20.6. The molecule has 0 unspecified atom stereocenters. The summed E-state index contributed by atoms with van der Waals surface area (Å²) in [6, 6.07) is 9.26. The summed E-state index contributed by atoms with van der Waals surface area (Å²) in [4.78, 5) is 20.8. The number of benzene rings is 1. The van der Waals surface area contributed by atoms with Gasteiger partial charge in [0.2, 0.25) is 0 Å². The third kappa shape index (κ3) is 3.71. The van der Waals surface area contributed by atoms with Crippen LogP contribution in [0.3, 0.4) is 0 Å². The quantitative estimate of drug-likeness (QED) is 0.599. The normalized spacial score (nSPS) is 21.0. The van der Waals surface area contributed by atoms with Gasteiger partial charge in [0.15, 0.2) is 15.9 Å². The third-order valence-electron chi connectivity index (χ3n) is 7.59. The van der Waals surface area contributed by atoms with E-state index < -0.39 is 25.9 Å². The van der Waals surface area contributed by atoms with Gasteiger partial charge in [0, 0.05) is 32.1 Å². The van der Waals surface area contributed by atoms with Crippen LogP contribution in [-0.2, 0) is 28.1 Å². The molecule has 0 spiro atoms. The molecular formula is C25H29N5O5S. The molecular weight excluding hydrogens is 482 g/mol. The zero-order chi connectivity index (χ0) is 25.9. The molecule has 1 N–H and O–H groups in total. The number of carbonyl (C=O) groups excluding carboxylic acids is 1. The molecule has 1 aromatic carbocycles. The number of carbonyl (C=O) groups is 1. The van der Waals surface area contributed by atoms with Crippen LogP contribution in [0.4, 0.5) is 0 Å². The predicted octanol–water partition coefficient (Wildman–Crippen LogP) is 1.87. The van der Waals surface area contributed by atoms with Gasteiger partial charge in [-0.3, -0.25) is 9.48 Å². The summed E-state index contributed by atoms with van der Waals surface area (Å²) in [7, 11) is -1.95. The molecule has 5 rings (SSSR count). The van der Waals surface area contributed by atoms with E-state index in [9.17, 15) is 18.3 Å². The van der Waals surface area contributed by atoms with Crippen LogP contribution in [0.1, 0.15) is 72.1 Å². The van der Waals surface area contributed by atoms with E-state index in [0.717, 1.165) is 11.1 Å². The summed E-state index contributed by atoms with van der Waals surface area (Å²) >= 11 is 0. The summed E-state index contributed by atoms with van der Waals surface area (Å²) in [5, 5.41) is 27.5. The number of aryl methyl sites for hydroxylation is 1. The molecule has 1 amide bonds. The van der Waals surface area contributed by atoms with Gasteiger partial charge in [0.1, 0.15) is 17.1 Å². The standard InChI is InChI=1S/C25H29N5O5S/c1-24(2,15-31)36(33,34)25(9-10-25)14-30-11-8-18-21(27-29(3)22(18)23(30)32)19-12-20(35-28-19)17-6-4-16(13-26)5-7-17/h4-7,20,31H,8-12,14-15H2,1-3H3/t20-/m1/s1. The lowest BCUT2D eigenvalue weighted by Gasteiger charge is -2.34. The van der Waals surface area contributed by atoms with Crippen molar-refractivity contribution in [2.24, 2.45) is 12.2 Å². The maximum Gasteiger partial charge on any atom is 0.272 e. The minimum atomic E-state index is -3.65. The smallest absolute Gasteiger partial charge is 0.272 e. The van der Waals surface area contributed by atoms with E-state index in [4.69, 9.17) is 10.1 Å². The number of fused-ring (bicyclic) bond motifs is 1. The highest BCUT2D eigenvalue weighted by Gasteiger charge is 2.60. The fourth-order valence-electron chi connectivity index (χ4n) is 5.09. The Morgan fingerprint density at radius 2 is 1.97 bits per heavy atom. The van der Waals surface area contributed by atoms with Gasteiger partial charge in [-0.15, -0.1) is 0 Å². The molecule has 0 saturated heterocycles. The van der Waals surface area contributed by atoms with Gasteiger partial charge in [-0.1, -0.05) is 17.3 Å². The molecule has 1 aliphatic carbocycles. The molecule has 1 fully saturated rings. The van der Waals surface area contributed by atoms with Crippen molar-refractivity contribution in [3.63, 3.8) is 0 Å². The SMILES string of the molecule is Cn1nc(C2=NO[C@@H](c3ccc(C#N)cc3)C2)c2c1C(=O)N(CC1(S(=O)(=O)C(C)(C)CO)CC1)CC2. The second-order valence-corrected chi connectivity index (χ2v) is 13.4. The Labute approximate surface area is 210 Å². The Morgan fingerprint density at radius 1 is 1.28 bits per heavy atom. The van der Waals surface area contributed by atoms with E-state index in [1.54, 1.807) is 28.8 Å². The van der Waals surface area contributed by atoms with Crippen molar-refractivity contribution in [2.45, 2.75) is 55.1 Å². The Hall–Kier alpha value is -3.23. The molecule has 0 bridgehead atoms. The molecule has 190 valence electrons. The Bertz CT molecular complexity index is 1400. The lowest BCUT2D eigenvalue weighted by Crippen LogP contribution is -2.51. The minimum absolute atomic E-state index is 0.113. The number of nitriles is 1. The first kappa shape index (κ1) is 24.5. The molecule has 0 radical (unpaired) electrons. The van der Waals surface area contributed by atoms with Crippen molar-refractivity contribution < 1.29 is 23.2 Å². The molecule has 36 heavy (non-hydrogen) atoms. The number of nitrogens with zero attached hydrogens (tertiary/aromatic N) is 5. The number of aliphatic hydroxyl groups excluding tert-OH is 1. The Kier molecular flexibility index (Phi) is 5.72. The summed E-state index contributed by atoms with van der Waals surface area (Å²) in [5.74, 6) is -0.246. The molecule has 1 aromatic heterocycles. The topological polar surface area (TPSA) is 138 Å². The van der Waals surface area contributed by atoms with Crippen LogP contribution in [-0.4, -0.2) is 69.0 Å². The van der Waals surface area contributed by atoms with E-state index >= 15 is 0 Å². The van der Waals surface area contributed by atoms with Crippen LogP contribution in [0.15, 0.2) is 29.4 Å². The molecule has 11 heteroatoms. The second kappa shape index (κ2) is 8.42. The van der Waals surface area contributed by atoms with Crippen molar-refractivity contribution in [1.82, 2.24) is 14.7 Å². The lowest BCUT2D eigenvalue weighted by molar-refractivity contribution is 0.0724. The van der Waals surface area contributed by atoms with Crippen molar-refractivity contribution in [1.29, 1.82) is 5.26 Å². The molecule has 10 nitrogen and oxygen atoms in total. The zero-order valence-corrected chi connectivity index (χ0v) is 21.4. The maximum atomic E-state index is 13.5. The van der Waals surface area contributed by atoms with E-state index in [1.165, 1.54) is 13.8 Å². The highest BCUT2D eigenvalue weighted by Crippen LogP contribution is 2.49. The highest BCUT2D eigenvalue weighted by molar-refractivity contribution is 7.94. The number of sulfone groups is 1. The average Bonchev–Trinajstić information content (AvgIpc) is 3.36. The van der Waals surface area contributed by atoms with Gasteiger partial charge in [-0.2, -0.15) is 10.4 Å². The van der Waals surface area contributed by atoms with Crippen molar-refractivity contribution in [3.05, 3.63) is 52.3 Å². The molecule has 3 heterocycles. The van der Waals surface area contributed by atoms with E-state index in [-0.39, 0.29) is 18.6 Å². The number of hydrogen-bond acceptors (Lipinski definition) is 8. The van der Waals surface area contributed by atoms with Gasteiger partial charge in [0.25, 0.3) is 5.91 Å². The maximum absolute atomic E-state index is 13.5. The number of oxime groups is 1. The van der Waals surface area contributed by atoms with E-state index in [1.807, 2.05) is 12.1 Å². The van der Waals surface area contributed by atoms with Crippen molar-refractivity contribution in [2.75, 3.05) is 19.7 Å². The molecule has 3 aliphatic rings. The number of rotatable bonds is 7. The van der Waals surface area contributed by atoms with Crippen LogP contribution in [0, 0.1) is 11.3 Å². The van der Waals surface area contributed by atoms with Crippen LogP contribution in [0.25, 0.3) is 0 Å². The number of aliphatic hydroxyl groups is 1. The summed E-state index contributed by atoms with van der Waals surface area (Å²) in [5.41, 5.74) is 4.00. The van der Waals surface area contributed by atoms with Crippen molar-refractivity contribution in [3.8, 4) is 6.07 Å². The third-order valence-corrected chi connectivity index (χ3v) is 10.8. The number of hydrogen-bond donors (Lipinski definition) is 1. The summed E-state index contributed by atoms with van der Waals surface area (Å²) < 4.78 is 25.8. The Morgan fingerprint density at radius 3 is 2.58 bits per heavy atom. The van der Waals surface area contributed by atoms with Gasteiger partial charge in [-0.25, -0.2) is 8.42 Å². The second-order valence-electron chi connectivity index (χ2n) is 10.5. The molecule has 1 saturated carbocycles. The fourth-order valence-corrected chi connectivity index (χ4v) is 7.40. The van der Waals surface area contributed by atoms with Crippen LogP contribution >= 0.6 is 0 Å². The van der Waals surface area contributed by atoms with Crippen molar-refractivity contribution >= 4 is 21.5 Å². The first-order chi connectivity index (χ1) is 17.0. The fraction of sp³-hybridized carbons (Fsp3) is 0.520. The first-order valence-corrected chi connectivity index (χ1v) is 13.5. The monoisotopic (exact) mass is 511 g/mol. The van der Waals surface area contributed by atoms with Gasteiger partial charge >= 0.3 is 0 Å². The summed E-state index contributed by atoms with van der Waals surface area (Å²) in [6.45, 7) is 3.09. The largest absolute Gasteiger partial charge is 0.395 e. The highest BCUT2D eigenvalue weighted by atomic mass is 32.2. The van der Waals surface area contributed by atoms with Crippen LogP contribution < -0.4 is 0 Å². The first-order valence-electron chi connectivity index (χ1n) is 12.0. The lowest BCUT2D eigenvalue weighted by atomic mass is 9.97. The van der Waals surface area contributed by atoms with Crippen LogP contribution in [0.2, 0.25) is 0 Å². The molecule has 1 atom stereocenters. The minimum Gasteiger partial charge on any atom is -0.395 e. The van der Waals surface area contributed by atoms with E-state index in [0.29, 0.717) is 54.9 Å². The summed E-state index contributed by atoms with van der Waals surface area (Å²) in [6.07, 6.45) is 1.69. The Balaban J connectivity index is 1.35. The number of aromatic nitrogens is 2. The number of amides is 1. The van der Waals surface area contributed by atoms with Gasteiger partial charge in [0.05, 0.1) is 27.7 Å². The predicted molar refractivity (Wildman–Crippen MR) is 131 cm³/mol. The average molecular weight is 512 g/mol.